The van der Waals surface area contributed by atoms with Crippen molar-refractivity contribution in [3.63, 3.8) is 0 Å². The second kappa shape index (κ2) is 4.74. The summed E-state index contributed by atoms with van der Waals surface area (Å²) < 4.78 is 4.30. The highest BCUT2D eigenvalue weighted by molar-refractivity contribution is 5.33. The van der Waals surface area contributed by atoms with Gasteiger partial charge < -0.3 is 5.43 Å². The van der Waals surface area contributed by atoms with Crippen molar-refractivity contribution >= 4 is 12.3 Å². The molecule has 0 fully saturated rings. The maximum Gasteiger partial charge on any atom is 0.282 e. The maximum atomic E-state index is 5.27. The summed E-state index contributed by atoms with van der Waals surface area (Å²) in [6, 6.07) is 8.27. The molecule has 95 valence electrons. The maximum absolute atomic E-state index is 5.27. The number of nitrogens with one attached hydrogen (secondary N) is 1. The largest absolute Gasteiger partial charge is 0.331 e. The van der Waals surface area contributed by atoms with Crippen LogP contribution in [0.2, 0.25) is 0 Å². The molecule has 0 amide bonds. The Morgan fingerprint density at radius 1 is 1.21 bits per heavy atom. The zero-order chi connectivity index (χ0) is 13.2. The van der Waals surface area contributed by atoms with Gasteiger partial charge in [0.1, 0.15) is 6.20 Å². The van der Waals surface area contributed by atoms with Crippen LogP contribution >= 0.6 is 0 Å². The van der Waals surface area contributed by atoms with Gasteiger partial charge in [0.15, 0.2) is 11.9 Å². The van der Waals surface area contributed by atoms with Gasteiger partial charge in [0.05, 0.1) is 7.05 Å². The van der Waals surface area contributed by atoms with Crippen LogP contribution in [0, 0.1) is 17.1 Å². The van der Waals surface area contributed by atoms with Crippen LogP contribution in [0.5, 0.6) is 0 Å². The van der Waals surface area contributed by atoms with E-state index >= 15 is 0 Å². The molecule has 1 radical (unpaired) electrons. The van der Waals surface area contributed by atoms with Gasteiger partial charge in [-0.2, -0.15) is 0 Å². The van der Waals surface area contributed by atoms with E-state index in [1.165, 1.54) is 10.6 Å². The number of aromatic nitrogens is 2. The number of fused-ring (bicyclic) bond motifs is 1. The predicted molar refractivity (Wildman–Crippen MR) is 74.1 cm³/mol. The fraction of sp³-hybridized carbons (Fsp3) is 0.0667. The molecule has 1 aromatic heterocycles. The number of allylic oxidation sites excluding steroid dienone is 2. The molecule has 0 spiro atoms. The second-order valence-electron chi connectivity index (χ2n) is 4.47. The average Bonchev–Trinajstić information content (AvgIpc) is 2.78. The smallest absolute Gasteiger partial charge is 0.282 e. The molecule has 0 bridgehead atoms. The first-order valence-corrected chi connectivity index (χ1v) is 6.15. The van der Waals surface area contributed by atoms with Gasteiger partial charge in [0.25, 0.3) is 5.48 Å². The van der Waals surface area contributed by atoms with Gasteiger partial charge in [-0.25, -0.2) is 9.13 Å². The number of nitrogens with zero attached hydrogens (tertiary/aromatic N) is 2. The molecule has 1 aliphatic rings. The van der Waals surface area contributed by atoms with Gasteiger partial charge >= 0.3 is 0 Å². The normalized spacial score (nSPS) is 12.7. The van der Waals surface area contributed by atoms with Crippen molar-refractivity contribution in [3.05, 3.63) is 70.4 Å². The fourth-order valence-electron chi connectivity index (χ4n) is 2.30. The van der Waals surface area contributed by atoms with E-state index in [1.807, 2.05) is 24.3 Å². The van der Waals surface area contributed by atoms with E-state index in [2.05, 4.69) is 52.6 Å². The second-order valence-corrected chi connectivity index (χ2v) is 4.47. The molecule has 1 aromatic carbocycles. The van der Waals surface area contributed by atoms with E-state index in [0.717, 1.165) is 10.7 Å². The highest BCUT2D eigenvalue weighted by Gasteiger charge is 2.10. The molecular formula is C15H16N4+. The fourth-order valence-corrected chi connectivity index (χ4v) is 2.30. The summed E-state index contributed by atoms with van der Waals surface area (Å²) in [5, 5.41) is 3.41. The standard InChI is InChI=1S/C15H16N4/c1-18-14(11-19-9-3-2-4-15(18)19)13-7-5-12(6-8-13)10-17-16/h2-11,17H,16H2,1H3/q+1. The average molecular weight is 252 g/mol. The Morgan fingerprint density at radius 3 is 2.68 bits per heavy atom. The Hall–Kier alpha value is -2.33. The van der Waals surface area contributed by atoms with Crippen LogP contribution in [0.3, 0.4) is 0 Å². The minimum Gasteiger partial charge on any atom is -0.331 e. The summed E-state index contributed by atoms with van der Waals surface area (Å²) in [6.07, 6.45) is 10.1. The van der Waals surface area contributed by atoms with Crippen LogP contribution in [0.1, 0.15) is 0 Å². The van der Waals surface area contributed by atoms with Crippen molar-refractivity contribution in [2.45, 2.75) is 0 Å². The van der Waals surface area contributed by atoms with Gasteiger partial charge in [-0.1, -0.05) is 18.2 Å². The number of hydrogen-bond donors (Lipinski definition) is 2. The van der Waals surface area contributed by atoms with Gasteiger partial charge in [-0.3, -0.25) is 5.84 Å². The molecule has 2 aromatic rings. The monoisotopic (exact) mass is 252 g/mol. The van der Waals surface area contributed by atoms with E-state index in [-0.39, 0.29) is 0 Å². The van der Waals surface area contributed by atoms with Crippen LogP contribution in [-0.2, 0) is 7.05 Å². The predicted octanol–water partition coefficient (Wildman–Crippen LogP) is -0.839. The van der Waals surface area contributed by atoms with E-state index in [0.29, 0.717) is 0 Å². The number of imidazole rings is 1. The lowest BCUT2D eigenvalue weighted by molar-refractivity contribution is -0.641. The number of rotatable bonds is 1. The first kappa shape index (κ1) is 11.7. The summed E-state index contributed by atoms with van der Waals surface area (Å²) in [6.45, 7) is 2.05. The van der Waals surface area contributed by atoms with Crippen LogP contribution in [0.15, 0.2) is 42.6 Å². The summed E-state index contributed by atoms with van der Waals surface area (Å²) in [5.41, 5.74) is 3.71. The van der Waals surface area contributed by atoms with Crippen molar-refractivity contribution in [2.24, 2.45) is 12.9 Å². The molecule has 3 N–H and O–H groups in total. The molecule has 3 rings (SSSR count). The van der Waals surface area contributed by atoms with Crippen molar-refractivity contribution in [2.75, 3.05) is 0 Å². The topological polar surface area (TPSA) is 46.9 Å². The van der Waals surface area contributed by atoms with E-state index in [9.17, 15) is 0 Å². The van der Waals surface area contributed by atoms with Crippen molar-refractivity contribution < 1.29 is 4.57 Å². The molecule has 0 saturated heterocycles. The Balaban J connectivity index is 2.30. The lowest BCUT2D eigenvalue weighted by atomic mass is 10.2. The van der Waals surface area contributed by atoms with Gasteiger partial charge in [0, 0.05) is 17.5 Å². The van der Waals surface area contributed by atoms with Crippen LogP contribution in [0.25, 0.3) is 12.3 Å². The minimum atomic E-state index is 1.05. The lowest BCUT2D eigenvalue weighted by Gasteiger charge is -1.92. The van der Waals surface area contributed by atoms with Crippen molar-refractivity contribution in [1.82, 2.24) is 9.99 Å². The molecule has 4 heteroatoms. The molecule has 4 nitrogen and oxygen atoms in total. The molecule has 1 aliphatic heterocycles. The zero-order valence-electron chi connectivity index (χ0n) is 10.7. The van der Waals surface area contributed by atoms with Gasteiger partial charge in [-0.15, -0.1) is 0 Å². The molecule has 0 aliphatic carbocycles. The number of hydrogen-bond acceptors (Lipinski definition) is 2. The third-order valence-corrected chi connectivity index (χ3v) is 3.29. The molecule has 0 saturated carbocycles. The minimum absolute atomic E-state index is 1.05. The molecular weight excluding hydrogens is 236 g/mol. The van der Waals surface area contributed by atoms with Gasteiger partial charge in [-0.05, 0) is 23.4 Å². The highest BCUT2D eigenvalue weighted by Crippen LogP contribution is 1.93. The molecule has 2 heterocycles. The number of benzene rings is 1. The molecule has 0 atom stereocenters. The summed E-state index contributed by atoms with van der Waals surface area (Å²) in [7, 11) is 2.08. The first-order valence-electron chi connectivity index (χ1n) is 6.15. The molecule has 0 unspecified atom stereocenters. The van der Waals surface area contributed by atoms with Crippen LogP contribution in [0.4, 0.5) is 0 Å². The van der Waals surface area contributed by atoms with Crippen LogP contribution in [-0.4, -0.2) is 4.57 Å². The quantitative estimate of drug-likeness (QED) is 0.395. The van der Waals surface area contributed by atoms with Crippen molar-refractivity contribution in [3.8, 4) is 0 Å². The van der Waals surface area contributed by atoms with Gasteiger partial charge in [0.2, 0.25) is 0 Å². The lowest BCUT2D eigenvalue weighted by Crippen LogP contribution is -2.48. The SMILES string of the molecule is Cn1c(=c2ccc(=CNN)cc2)c[n+]2c1=CC=C[CH]2. The highest BCUT2D eigenvalue weighted by atomic mass is 15.2. The summed E-state index contributed by atoms with van der Waals surface area (Å²) >= 11 is 0. The van der Waals surface area contributed by atoms with E-state index in [1.54, 1.807) is 6.20 Å². The third kappa shape index (κ3) is 2.06. The Bertz CT molecular complexity index is 820. The molecule has 19 heavy (non-hydrogen) atoms. The third-order valence-electron chi connectivity index (χ3n) is 3.29. The Kier molecular flexibility index (Phi) is 2.93. The Labute approximate surface area is 111 Å². The first-order chi connectivity index (χ1) is 9.29. The Morgan fingerprint density at radius 2 is 2.00 bits per heavy atom. The zero-order valence-corrected chi connectivity index (χ0v) is 10.7. The van der Waals surface area contributed by atoms with E-state index in [4.69, 9.17) is 5.84 Å². The summed E-state index contributed by atoms with van der Waals surface area (Å²) in [4.78, 5) is 0. The number of hydrazine groups is 1. The summed E-state index contributed by atoms with van der Waals surface area (Å²) in [5.74, 6) is 5.27. The number of nitrogens with two attached hydrogens (primary N) is 1. The van der Waals surface area contributed by atoms with E-state index < -0.39 is 0 Å². The van der Waals surface area contributed by atoms with Crippen molar-refractivity contribution in [1.29, 1.82) is 0 Å². The van der Waals surface area contributed by atoms with Crippen LogP contribution < -0.4 is 26.5 Å².